The van der Waals surface area contributed by atoms with E-state index in [0.717, 1.165) is 30.4 Å². The summed E-state index contributed by atoms with van der Waals surface area (Å²) in [6.07, 6.45) is 3.07. The van der Waals surface area contributed by atoms with Gasteiger partial charge < -0.3 is 29.0 Å². The summed E-state index contributed by atoms with van der Waals surface area (Å²) in [5.41, 5.74) is 3.23. The van der Waals surface area contributed by atoms with E-state index in [4.69, 9.17) is 18.9 Å². The van der Waals surface area contributed by atoms with Gasteiger partial charge in [0.25, 0.3) is 11.7 Å². The lowest BCUT2D eigenvalue weighted by Crippen LogP contribution is -2.32. The van der Waals surface area contributed by atoms with Crippen LogP contribution in [0.5, 0.6) is 17.2 Å². The number of benzene rings is 3. The highest BCUT2D eigenvalue weighted by Crippen LogP contribution is 2.42. The first kappa shape index (κ1) is 30.7. The monoisotopic (exact) mass is 573 g/mol. The fraction of sp³-hybridized carbons (Fsp3) is 0.353. The first-order valence-corrected chi connectivity index (χ1v) is 14.2. The van der Waals surface area contributed by atoms with Crippen molar-refractivity contribution in [2.24, 2.45) is 0 Å². The molecule has 0 aromatic heterocycles. The van der Waals surface area contributed by atoms with Crippen molar-refractivity contribution in [2.45, 2.75) is 45.8 Å². The number of aliphatic hydroxyl groups is 1. The van der Waals surface area contributed by atoms with E-state index in [1.807, 2.05) is 31.2 Å². The molecule has 222 valence electrons. The third-order valence-corrected chi connectivity index (χ3v) is 7.37. The molecule has 1 atom stereocenters. The number of hydrogen-bond donors (Lipinski definition) is 1. The second-order valence-electron chi connectivity index (χ2n) is 10.2. The Morgan fingerprint density at radius 3 is 2.36 bits per heavy atom. The van der Waals surface area contributed by atoms with Gasteiger partial charge in [-0.2, -0.15) is 0 Å². The Morgan fingerprint density at radius 1 is 0.905 bits per heavy atom. The van der Waals surface area contributed by atoms with E-state index >= 15 is 0 Å². The molecule has 1 N–H and O–H groups in total. The van der Waals surface area contributed by atoms with Crippen LogP contribution in [-0.4, -0.2) is 55.7 Å². The molecule has 1 heterocycles. The van der Waals surface area contributed by atoms with Crippen molar-refractivity contribution in [1.29, 1.82) is 0 Å². The standard InChI is InChI=1S/C34H39NO7/c1-5-6-9-19-41-28-17-14-25(21-29(28)40-4)31-30(33(37)34(38)35(31)18-20-39-3)32(36)24-12-15-27(16-13-24)42-22-26-11-8-7-10-23(26)2/h7-8,10-17,21,31,36H,5-6,9,18-20,22H2,1-4H3. The first-order chi connectivity index (χ1) is 20.4. The van der Waals surface area contributed by atoms with E-state index in [-0.39, 0.29) is 24.5 Å². The number of rotatable bonds is 14. The molecule has 1 saturated heterocycles. The molecule has 0 radical (unpaired) electrons. The minimum Gasteiger partial charge on any atom is -0.507 e. The molecule has 1 unspecified atom stereocenters. The number of methoxy groups -OCH3 is 2. The number of unbranched alkanes of at least 4 members (excludes halogenated alkanes) is 2. The quantitative estimate of drug-likeness (QED) is 0.106. The Morgan fingerprint density at radius 2 is 1.67 bits per heavy atom. The summed E-state index contributed by atoms with van der Waals surface area (Å²) in [7, 11) is 3.07. The van der Waals surface area contributed by atoms with E-state index in [1.54, 1.807) is 49.6 Å². The van der Waals surface area contributed by atoms with E-state index in [9.17, 15) is 14.7 Å². The maximum absolute atomic E-state index is 13.3. The van der Waals surface area contributed by atoms with Gasteiger partial charge in [0, 0.05) is 19.2 Å². The van der Waals surface area contributed by atoms with Gasteiger partial charge in [-0.25, -0.2) is 0 Å². The lowest BCUT2D eigenvalue weighted by Gasteiger charge is -2.25. The van der Waals surface area contributed by atoms with Crippen molar-refractivity contribution in [1.82, 2.24) is 4.90 Å². The molecule has 8 heteroatoms. The van der Waals surface area contributed by atoms with Gasteiger partial charge in [0.1, 0.15) is 18.1 Å². The van der Waals surface area contributed by atoms with Gasteiger partial charge in [-0.3, -0.25) is 9.59 Å². The molecule has 3 aromatic rings. The summed E-state index contributed by atoms with van der Waals surface area (Å²) in [5, 5.41) is 11.4. The van der Waals surface area contributed by atoms with E-state index in [2.05, 4.69) is 6.92 Å². The van der Waals surface area contributed by atoms with Gasteiger partial charge in [-0.1, -0.05) is 50.1 Å². The highest BCUT2D eigenvalue weighted by molar-refractivity contribution is 6.46. The normalized spacial score (nSPS) is 16.1. The van der Waals surface area contributed by atoms with Crippen LogP contribution >= 0.6 is 0 Å². The summed E-state index contributed by atoms with van der Waals surface area (Å²) in [4.78, 5) is 27.9. The number of nitrogens with zero attached hydrogens (tertiary/aromatic N) is 1. The summed E-state index contributed by atoms with van der Waals surface area (Å²) < 4.78 is 22.7. The molecule has 3 aromatic carbocycles. The summed E-state index contributed by atoms with van der Waals surface area (Å²) in [6, 6.07) is 19.3. The lowest BCUT2D eigenvalue weighted by atomic mass is 9.95. The van der Waals surface area contributed by atoms with Crippen molar-refractivity contribution < 1.29 is 33.6 Å². The Balaban J connectivity index is 1.65. The zero-order valence-corrected chi connectivity index (χ0v) is 24.7. The number of hydrogen-bond acceptors (Lipinski definition) is 7. The van der Waals surface area contributed by atoms with Crippen LogP contribution in [0.2, 0.25) is 0 Å². The minimum absolute atomic E-state index is 0.00310. The largest absolute Gasteiger partial charge is 0.507 e. The zero-order valence-electron chi connectivity index (χ0n) is 24.7. The highest BCUT2D eigenvalue weighted by Gasteiger charge is 2.46. The number of ketones is 1. The summed E-state index contributed by atoms with van der Waals surface area (Å²) >= 11 is 0. The SMILES string of the molecule is CCCCCOc1ccc(C2C(=C(O)c3ccc(OCc4ccccc4C)cc3)C(=O)C(=O)N2CCOC)cc1OC. The van der Waals surface area contributed by atoms with Crippen LogP contribution in [0.3, 0.4) is 0 Å². The lowest BCUT2D eigenvalue weighted by molar-refractivity contribution is -0.140. The van der Waals surface area contributed by atoms with E-state index < -0.39 is 17.7 Å². The number of Topliss-reactive ketones (excluding diaryl/α,β-unsaturated/α-hetero) is 1. The Hall–Kier alpha value is -4.30. The second-order valence-corrected chi connectivity index (χ2v) is 10.2. The molecule has 0 saturated carbocycles. The Kier molecular flexibility index (Phi) is 10.6. The second kappa shape index (κ2) is 14.5. The smallest absolute Gasteiger partial charge is 0.295 e. The minimum atomic E-state index is -0.833. The first-order valence-electron chi connectivity index (χ1n) is 14.2. The van der Waals surface area contributed by atoms with Gasteiger partial charge in [-0.05, 0) is 66.4 Å². The van der Waals surface area contributed by atoms with Crippen LogP contribution in [0.1, 0.15) is 54.5 Å². The highest BCUT2D eigenvalue weighted by atomic mass is 16.5. The fourth-order valence-corrected chi connectivity index (χ4v) is 4.95. The number of aliphatic hydroxyl groups excluding tert-OH is 1. The molecule has 1 aliphatic rings. The van der Waals surface area contributed by atoms with Crippen LogP contribution in [0.25, 0.3) is 5.76 Å². The van der Waals surface area contributed by atoms with Crippen LogP contribution in [0, 0.1) is 6.92 Å². The molecular weight excluding hydrogens is 534 g/mol. The predicted octanol–water partition coefficient (Wildman–Crippen LogP) is 6.22. The average molecular weight is 574 g/mol. The summed E-state index contributed by atoms with van der Waals surface area (Å²) in [6.45, 7) is 5.52. The topological polar surface area (TPSA) is 94.5 Å². The van der Waals surface area contributed by atoms with Gasteiger partial charge in [0.05, 0.1) is 31.9 Å². The van der Waals surface area contributed by atoms with Gasteiger partial charge >= 0.3 is 0 Å². The van der Waals surface area contributed by atoms with E-state index in [0.29, 0.717) is 41.6 Å². The third-order valence-electron chi connectivity index (χ3n) is 7.37. The van der Waals surface area contributed by atoms with Crippen molar-refractivity contribution in [3.8, 4) is 17.2 Å². The molecule has 42 heavy (non-hydrogen) atoms. The molecule has 0 spiro atoms. The van der Waals surface area contributed by atoms with Crippen LogP contribution in [-0.2, 0) is 20.9 Å². The van der Waals surface area contributed by atoms with Crippen molar-refractivity contribution in [3.05, 3.63) is 94.6 Å². The Labute approximate surface area is 247 Å². The maximum atomic E-state index is 13.3. The predicted molar refractivity (Wildman–Crippen MR) is 161 cm³/mol. The molecular formula is C34H39NO7. The molecule has 4 rings (SSSR count). The number of ether oxygens (including phenoxy) is 4. The number of amides is 1. The molecule has 1 fully saturated rings. The molecule has 0 bridgehead atoms. The van der Waals surface area contributed by atoms with Crippen LogP contribution < -0.4 is 14.2 Å². The van der Waals surface area contributed by atoms with Gasteiger partial charge in [0.15, 0.2) is 11.5 Å². The van der Waals surface area contributed by atoms with Crippen LogP contribution in [0.4, 0.5) is 0 Å². The number of carbonyl (C=O) groups is 2. The fourth-order valence-electron chi connectivity index (χ4n) is 4.95. The van der Waals surface area contributed by atoms with Gasteiger partial charge in [0.2, 0.25) is 0 Å². The zero-order chi connectivity index (χ0) is 30.1. The Bertz CT molecular complexity index is 1410. The number of aryl methyl sites for hydroxylation is 1. The third kappa shape index (κ3) is 6.94. The molecule has 8 nitrogen and oxygen atoms in total. The molecule has 1 amide bonds. The summed E-state index contributed by atoms with van der Waals surface area (Å²) in [5.74, 6) is -0.0410. The van der Waals surface area contributed by atoms with Gasteiger partial charge in [-0.15, -0.1) is 0 Å². The molecule has 1 aliphatic heterocycles. The van der Waals surface area contributed by atoms with Crippen molar-refractivity contribution >= 4 is 17.4 Å². The average Bonchev–Trinajstić information content (AvgIpc) is 3.26. The number of likely N-dealkylation sites (tertiary alicyclic amines) is 1. The van der Waals surface area contributed by atoms with Crippen molar-refractivity contribution in [3.63, 3.8) is 0 Å². The van der Waals surface area contributed by atoms with Crippen molar-refractivity contribution in [2.75, 3.05) is 34.0 Å². The maximum Gasteiger partial charge on any atom is 0.295 e. The molecule has 0 aliphatic carbocycles. The van der Waals surface area contributed by atoms with Crippen LogP contribution in [0.15, 0.2) is 72.3 Å². The number of carbonyl (C=O) groups excluding carboxylic acids is 2. The van der Waals surface area contributed by atoms with E-state index in [1.165, 1.54) is 12.0 Å².